The van der Waals surface area contributed by atoms with Crippen LogP contribution in [0, 0.1) is 0 Å². The molecule has 3 heteroatoms. The Hall–Kier alpha value is -0.930. The Morgan fingerprint density at radius 3 is 2.56 bits per heavy atom. The second kappa shape index (κ2) is 4.98. The lowest BCUT2D eigenvalue weighted by molar-refractivity contribution is 0.0770. The van der Waals surface area contributed by atoms with Gasteiger partial charge < -0.3 is 5.32 Å². The Bertz CT molecular complexity index is 378. The van der Waals surface area contributed by atoms with Gasteiger partial charge in [-0.3, -0.25) is 9.88 Å². The van der Waals surface area contributed by atoms with E-state index in [2.05, 4.69) is 41.3 Å². The van der Waals surface area contributed by atoms with Crippen LogP contribution in [0.3, 0.4) is 0 Å². The van der Waals surface area contributed by atoms with E-state index in [4.69, 9.17) is 0 Å². The van der Waals surface area contributed by atoms with Gasteiger partial charge in [-0.15, -0.1) is 0 Å². The molecular weight excluding hydrogens is 222 g/mol. The van der Waals surface area contributed by atoms with Gasteiger partial charge in [0.1, 0.15) is 0 Å². The number of piperidine rings is 1. The number of rotatable bonds is 3. The van der Waals surface area contributed by atoms with Gasteiger partial charge in [-0.05, 0) is 51.8 Å². The highest BCUT2D eigenvalue weighted by Gasteiger charge is 2.42. The van der Waals surface area contributed by atoms with Gasteiger partial charge in [-0.2, -0.15) is 0 Å². The van der Waals surface area contributed by atoms with Gasteiger partial charge in [0.2, 0.25) is 0 Å². The first-order valence-corrected chi connectivity index (χ1v) is 7.15. The van der Waals surface area contributed by atoms with Crippen LogP contribution in [0.4, 0.5) is 0 Å². The van der Waals surface area contributed by atoms with Crippen molar-refractivity contribution in [1.82, 2.24) is 15.2 Å². The first-order chi connectivity index (χ1) is 8.79. The summed E-state index contributed by atoms with van der Waals surface area (Å²) < 4.78 is 0. The fraction of sp³-hybridized carbons (Fsp3) is 0.667. The standard InChI is InChI=1S/C15H23N3/c1-11(15-5-3-4-8-17-15)18-13-6-7-14(18)10-12(9-13)16-2/h3-5,8,11-14,16H,6-7,9-10H2,1-2H3. The highest BCUT2D eigenvalue weighted by atomic mass is 15.3. The molecule has 0 amide bonds. The Balaban J connectivity index is 1.78. The van der Waals surface area contributed by atoms with Gasteiger partial charge in [0, 0.05) is 30.4 Å². The van der Waals surface area contributed by atoms with E-state index in [0.29, 0.717) is 6.04 Å². The topological polar surface area (TPSA) is 28.2 Å². The summed E-state index contributed by atoms with van der Waals surface area (Å²) in [7, 11) is 2.10. The summed E-state index contributed by atoms with van der Waals surface area (Å²) >= 11 is 0. The second-order valence-electron chi connectivity index (χ2n) is 5.72. The van der Waals surface area contributed by atoms with Gasteiger partial charge in [0.25, 0.3) is 0 Å². The number of hydrogen-bond acceptors (Lipinski definition) is 3. The van der Waals surface area contributed by atoms with Crippen molar-refractivity contribution in [1.29, 1.82) is 0 Å². The van der Waals surface area contributed by atoms with E-state index in [1.54, 1.807) is 0 Å². The molecule has 1 N–H and O–H groups in total. The van der Waals surface area contributed by atoms with Crippen LogP contribution in [0.5, 0.6) is 0 Å². The number of aromatic nitrogens is 1. The molecule has 2 aliphatic rings. The molecule has 18 heavy (non-hydrogen) atoms. The van der Waals surface area contributed by atoms with Crippen molar-refractivity contribution < 1.29 is 0 Å². The SMILES string of the molecule is CNC1CC2CCC(C1)N2C(C)c1ccccn1. The monoisotopic (exact) mass is 245 g/mol. The van der Waals surface area contributed by atoms with Crippen LogP contribution in [0.15, 0.2) is 24.4 Å². The third-order valence-electron chi connectivity index (χ3n) is 4.76. The highest BCUT2D eigenvalue weighted by molar-refractivity contribution is 5.11. The van der Waals surface area contributed by atoms with Gasteiger partial charge in [0.15, 0.2) is 0 Å². The molecule has 3 heterocycles. The van der Waals surface area contributed by atoms with E-state index in [0.717, 1.165) is 18.1 Å². The molecule has 0 saturated carbocycles. The van der Waals surface area contributed by atoms with Crippen LogP contribution in [-0.2, 0) is 0 Å². The molecule has 98 valence electrons. The third kappa shape index (κ3) is 2.06. The van der Waals surface area contributed by atoms with Crippen molar-refractivity contribution in [2.45, 2.75) is 56.8 Å². The minimum atomic E-state index is 0.460. The van der Waals surface area contributed by atoms with Gasteiger partial charge in [-0.25, -0.2) is 0 Å². The minimum absolute atomic E-state index is 0.460. The largest absolute Gasteiger partial charge is 0.317 e. The zero-order valence-electron chi connectivity index (χ0n) is 11.3. The molecule has 0 aliphatic carbocycles. The van der Waals surface area contributed by atoms with Gasteiger partial charge >= 0.3 is 0 Å². The number of hydrogen-bond donors (Lipinski definition) is 1. The maximum Gasteiger partial charge on any atom is 0.0572 e. The predicted molar refractivity (Wildman–Crippen MR) is 73.4 cm³/mol. The number of nitrogens with zero attached hydrogens (tertiary/aromatic N) is 2. The maximum absolute atomic E-state index is 4.53. The molecule has 3 atom stereocenters. The summed E-state index contributed by atoms with van der Waals surface area (Å²) in [5.41, 5.74) is 1.22. The average molecular weight is 245 g/mol. The Morgan fingerprint density at radius 1 is 1.28 bits per heavy atom. The normalized spacial score (nSPS) is 33.6. The Labute approximate surface area is 110 Å². The predicted octanol–water partition coefficient (Wildman–Crippen LogP) is 2.36. The minimum Gasteiger partial charge on any atom is -0.317 e. The van der Waals surface area contributed by atoms with Gasteiger partial charge in [-0.1, -0.05) is 6.07 Å². The van der Waals surface area contributed by atoms with Crippen LogP contribution >= 0.6 is 0 Å². The van der Waals surface area contributed by atoms with Crippen molar-refractivity contribution in [3.05, 3.63) is 30.1 Å². The van der Waals surface area contributed by atoms with Gasteiger partial charge in [0.05, 0.1) is 5.69 Å². The lowest BCUT2D eigenvalue weighted by Crippen LogP contribution is -2.49. The van der Waals surface area contributed by atoms with Crippen molar-refractivity contribution >= 4 is 0 Å². The quantitative estimate of drug-likeness (QED) is 0.886. The first kappa shape index (κ1) is 12.1. The number of nitrogens with one attached hydrogen (secondary N) is 1. The maximum atomic E-state index is 4.53. The molecule has 0 aromatic carbocycles. The lowest BCUT2D eigenvalue weighted by atomic mass is 9.95. The fourth-order valence-corrected chi connectivity index (χ4v) is 3.86. The van der Waals surface area contributed by atoms with E-state index < -0.39 is 0 Å². The zero-order chi connectivity index (χ0) is 12.5. The second-order valence-corrected chi connectivity index (χ2v) is 5.72. The van der Waals surface area contributed by atoms with Crippen LogP contribution in [0.25, 0.3) is 0 Å². The van der Waals surface area contributed by atoms with Crippen molar-refractivity contribution in [2.75, 3.05) is 7.05 Å². The molecule has 0 spiro atoms. The Kier molecular flexibility index (Phi) is 3.35. The summed E-state index contributed by atoms with van der Waals surface area (Å²) in [6.07, 6.45) is 7.22. The van der Waals surface area contributed by atoms with E-state index in [9.17, 15) is 0 Å². The smallest absolute Gasteiger partial charge is 0.0572 e. The van der Waals surface area contributed by atoms with Crippen molar-refractivity contribution in [3.8, 4) is 0 Å². The molecular formula is C15H23N3. The van der Waals surface area contributed by atoms with E-state index >= 15 is 0 Å². The summed E-state index contributed by atoms with van der Waals surface area (Å²) in [5, 5.41) is 3.46. The summed E-state index contributed by atoms with van der Waals surface area (Å²) in [6.45, 7) is 2.31. The summed E-state index contributed by atoms with van der Waals surface area (Å²) in [5.74, 6) is 0. The highest BCUT2D eigenvalue weighted by Crippen LogP contribution is 2.40. The lowest BCUT2D eigenvalue weighted by Gasteiger charge is -2.42. The van der Waals surface area contributed by atoms with Crippen molar-refractivity contribution in [2.24, 2.45) is 0 Å². The third-order valence-corrected chi connectivity index (χ3v) is 4.76. The molecule has 3 unspecified atom stereocenters. The molecule has 2 bridgehead atoms. The van der Waals surface area contributed by atoms with E-state index in [-0.39, 0.29) is 0 Å². The molecule has 3 nitrogen and oxygen atoms in total. The molecule has 1 aromatic heterocycles. The zero-order valence-corrected chi connectivity index (χ0v) is 11.3. The number of pyridine rings is 1. The summed E-state index contributed by atoms with van der Waals surface area (Å²) in [4.78, 5) is 7.25. The molecule has 3 rings (SSSR count). The fourth-order valence-electron chi connectivity index (χ4n) is 3.86. The average Bonchev–Trinajstić information content (AvgIpc) is 2.69. The number of fused-ring (bicyclic) bond motifs is 2. The van der Waals surface area contributed by atoms with Crippen LogP contribution < -0.4 is 5.32 Å². The molecule has 2 fully saturated rings. The summed E-state index contributed by atoms with van der Waals surface area (Å²) in [6, 6.07) is 8.93. The van der Waals surface area contributed by atoms with Crippen LogP contribution in [0.2, 0.25) is 0 Å². The Morgan fingerprint density at radius 2 is 2.00 bits per heavy atom. The van der Waals surface area contributed by atoms with E-state index in [1.807, 2.05) is 12.3 Å². The van der Waals surface area contributed by atoms with E-state index in [1.165, 1.54) is 31.4 Å². The van der Waals surface area contributed by atoms with Crippen LogP contribution in [0.1, 0.15) is 44.3 Å². The molecule has 2 aliphatic heterocycles. The first-order valence-electron chi connectivity index (χ1n) is 7.15. The molecule has 0 radical (unpaired) electrons. The van der Waals surface area contributed by atoms with Crippen molar-refractivity contribution in [3.63, 3.8) is 0 Å². The molecule has 1 aromatic rings. The molecule has 2 saturated heterocycles. The van der Waals surface area contributed by atoms with Crippen LogP contribution in [-0.4, -0.2) is 35.1 Å².